The molecule has 0 spiro atoms. The fourth-order valence-electron chi connectivity index (χ4n) is 4.63. The number of rotatable bonds is 8. The molecule has 0 saturated carbocycles. The third kappa shape index (κ3) is 4.73. The highest BCUT2D eigenvalue weighted by Crippen LogP contribution is 2.50. The molecule has 0 aromatic heterocycles. The summed E-state index contributed by atoms with van der Waals surface area (Å²) in [5.74, 6) is -1.50. The van der Waals surface area contributed by atoms with Gasteiger partial charge in [0.2, 0.25) is 0 Å². The predicted molar refractivity (Wildman–Crippen MR) is 111 cm³/mol. The van der Waals surface area contributed by atoms with E-state index in [-0.39, 0.29) is 6.10 Å². The van der Waals surface area contributed by atoms with Gasteiger partial charge in [0.05, 0.1) is 13.2 Å². The van der Waals surface area contributed by atoms with Gasteiger partial charge in [0.15, 0.2) is 17.9 Å². The predicted octanol–water partition coefficient (Wildman–Crippen LogP) is 4.06. The molecule has 3 heterocycles. The minimum atomic E-state index is -0.853. The quantitative estimate of drug-likeness (QED) is 0.265. The molecule has 3 saturated heterocycles. The highest BCUT2D eigenvalue weighted by atomic mass is 16.9. The van der Waals surface area contributed by atoms with Crippen LogP contribution in [0.5, 0.6) is 0 Å². The van der Waals surface area contributed by atoms with Gasteiger partial charge in [-0.1, -0.05) is 35.4 Å². The van der Waals surface area contributed by atoms with Crippen molar-refractivity contribution in [2.45, 2.75) is 88.9 Å². The lowest BCUT2D eigenvalue weighted by molar-refractivity contribution is -0.258. The van der Waals surface area contributed by atoms with Crippen molar-refractivity contribution in [1.29, 1.82) is 0 Å². The third-order valence-electron chi connectivity index (χ3n) is 5.91. The first-order chi connectivity index (χ1) is 14.7. The number of benzene rings is 1. The van der Waals surface area contributed by atoms with E-state index in [0.29, 0.717) is 32.6 Å². The first kappa shape index (κ1) is 22.5. The Bertz CT molecular complexity index is 813. The van der Waals surface area contributed by atoms with Crippen LogP contribution in [0.3, 0.4) is 0 Å². The maximum absolute atomic E-state index is 8.70. The van der Waals surface area contributed by atoms with Gasteiger partial charge in [-0.2, -0.15) is 0 Å². The average Bonchev–Trinajstić information content (AvgIpc) is 3.33. The van der Waals surface area contributed by atoms with Crippen LogP contribution in [0, 0.1) is 0 Å². The van der Waals surface area contributed by atoms with Gasteiger partial charge in [0.25, 0.3) is 0 Å². The van der Waals surface area contributed by atoms with Crippen molar-refractivity contribution < 1.29 is 28.4 Å². The summed E-state index contributed by atoms with van der Waals surface area (Å²) >= 11 is 0. The molecule has 0 bridgehead atoms. The summed E-state index contributed by atoms with van der Waals surface area (Å²) in [6.07, 6.45) is -0.661. The first-order valence-corrected chi connectivity index (χ1v) is 10.8. The van der Waals surface area contributed by atoms with Crippen LogP contribution < -0.4 is 0 Å². The van der Waals surface area contributed by atoms with E-state index in [1.807, 2.05) is 58.0 Å². The third-order valence-corrected chi connectivity index (χ3v) is 5.91. The molecule has 0 aliphatic carbocycles. The van der Waals surface area contributed by atoms with Crippen LogP contribution in [0.1, 0.15) is 46.1 Å². The minimum Gasteiger partial charge on any atom is -0.365 e. The van der Waals surface area contributed by atoms with Gasteiger partial charge in [-0.05, 0) is 51.6 Å². The fourth-order valence-corrected chi connectivity index (χ4v) is 4.63. The van der Waals surface area contributed by atoms with E-state index in [9.17, 15) is 0 Å². The van der Waals surface area contributed by atoms with Gasteiger partial charge in [-0.15, -0.1) is 0 Å². The SMILES string of the molecule is CC1(C)OC[C@@H]([C@H]2O[C@@H]3OC(C)(C)O[C@@H]3[C@]2(CCCN=[N+]=[N-])OCc2ccccc2)O1. The van der Waals surface area contributed by atoms with E-state index in [4.69, 9.17) is 34.0 Å². The highest BCUT2D eigenvalue weighted by molar-refractivity contribution is 5.15. The molecule has 31 heavy (non-hydrogen) atoms. The van der Waals surface area contributed by atoms with Crippen molar-refractivity contribution >= 4 is 0 Å². The summed E-state index contributed by atoms with van der Waals surface area (Å²) in [6.45, 7) is 8.61. The zero-order chi connectivity index (χ0) is 22.1. The zero-order valence-electron chi connectivity index (χ0n) is 18.5. The summed E-state index contributed by atoms with van der Waals surface area (Å²) in [5.41, 5.74) is 8.89. The van der Waals surface area contributed by atoms with E-state index < -0.39 is 35.7 Å². The van der Waals surface area contributed by atoms with Crippen molar-refractivity contribution in [3.63, 3.8) is 0 Å². The smallest absolute Gasteiger partial charge is 0.190 e. The summed E-state index contributed by atoms with van der Waals surface area (Å²) in [6, 6.07) is 9.97. The largest absolute Gasteiger partial charge is 0.365 e. The molecule has 0 N–H and O–H groups in total. The Balaban J connectivity index is 1.65. The normalized spacial score (nSPS) is 35.6. The maximum atomic E-state index is 8.70. The van der Waals surface area contributed by atoms with Crippen LogP contribution in [0.25, 0.3) is 10.4 Å². The van der Waals surface area contributed by atoms with E-state index in [2.05, 4.69) is 10.0 Å². The molecule has 0 amide bonds. The van der Waals surface area contributed by atoms with Crippen molar-refractivity contribution in [3.05, 3.63) is 46.3 Å². The van der Waals surface area contributed by atoms with Crippen LogP contribution in [0.2, 0.25) is 0 Å². The standard InChI is InChI=1S/C22H31N3O6/c1-20(2)26-14-16(29-20)17-22(11-8-12-24-25-23,27-13-15-9-6-5-7-10-15)18-19(28-17)31-21(3,4)30-18/h5-7,9-10,16-19H,8,11-14H2,1-4H3/t16-,17+,18-,19+,22+/m0/s1. The van der Waals surface area contributed by atoms with Crippen LogP contribution in [-0.4, -0.2) is 54.9 Å². The molecule has 5 atom stereocenters. The molecule has 3 aliphatic rings. The lowest BCUT2D eigenvalue weighted by Gasteiger charge is -2.40. The molecule has 9 heteroatoms. The number of hydrogen-bond acceptors (Lipinski definition) is 7. The lowest BCUT2D eigenvalue weighted by atomic mass is 9.84. The molecule has 3 aliphatic heterocycles. The molecule has 170 valence electrons. The second-order valence-corrected chi connectivity index (χ2v) is 9.14. The second-order valence-electron chi connectivity index (χ2n) is 9.14. The molecule has 1 aromatic carbocycles. The fraction of sp³-hybridized carbons (Fsp3) is 0.727. The van der Waals surface area contributed by atoms with Gasteiger partial charge >= 0.3 is 0 Å². The molecule has 0 unspecified atom stereocenters. The van der Waals surface area contributed by atoms with E-state index in [1.54, 1.807) is 0 Å². The number of azide groups is 1. The van der Waals surface area contributed by atoms with E-state index in [0.717, 1.165) is 5.56 Å². The number of hydrogen-bond donors (Lipinski definition) is 0. The van der Waals surface area contributed by atoms with Crippen molar-refractivity contribution in [3.8, 4) is 0 Å². The topological polar surface area (TPSA) is 104 Å². The molecule has 1 aromatic rings. The number of ether oxygens (including phenoxy) is 6. The second kappa shape index (κ2) is 8.67. The molecular weight excluding hydrogens is 402 g/mol. The summed E-state index contributed by atoms with van der Waals surface area (Å²) < 4.78 is 37.4. The Morgan fingerprint density at radius 1 is 1.06 bits per heavy atom. The lowest BCUT2D eigenvalue weighted by Crippen LogP contribution is -2.56. The van der Waals surface area contributed by atoms with Gasteiger partial charge in [-0.25, -0.2) is 0 Å². The van der Waals surface area contributed by atoms with E-state index >= 15 is 0 Å². The Labute approximate surface area is 182 Å². The molecule has 0 radical (unpaired) electrons. The van der Waals surface area contributed by atoms with Crippen LogP contribution >= 0.6 is 0 Å². The Morgan fingerprint density at radius 3 is 2.52 bits per heavy atom. The van der Waals surface area contributed by atoms with Gasteiger partial charge in [0.1, 0.15) is 23.9 Å². The van der Waals surface area contributed by atoms with Crippen LogP contribution in [0.4, 0.5) is 0 Å². The van der Waals surface area contributed by atoms with Gasteiger partial charge in [0, 0.05) is 11.5 Å². The molecular formula is C22H31N3O6. The van der Waals surface area contributed by atoms with Crippen molar-refractivity contribution in [2.24, 2.45) is 5.11 Å². The average molecular weight is 434 g/mol. The summed E-state index contributed by atoms with van der Waals surface area (Å²) in [7, 11) is 0. The van der Waals surface area contributed by atoms with Crippen molar-refractivity contribution in [2.75, 3.05) is 13.2 Å². The van der Waals surface area contributed by atoms with Gasteiger partial charge in [-0.3, -0.25) is 0 Å². The molecule has 3 fully saturated rings. The monoisotopic (exact) mass is 433 g/mol. The summed E-state index contributed by atoms with van der Waals surface area (Å²) in [5, 5.41) is 3.70. The highest BCUT2D eigenvalue weighted by Gasteiger charge is 2.67. The molecule has 9 nitrogen and oxygen atoms in total. The Morgan fingerprint density at radius 2 is 1.84 bits per heavy atom. The van der Waals surface area contributed by atoms with Gasteiger partial charge < -0.3 is 28.4 Å². The van der Waals surface area contributed by atoms with Crippen LogP contribution in [-0.2, 0) is 35.0 Å². The number of fused-ring (bicyclic) bond motifs is 1. The van der Waals surface area contributed by atoms with E-state index in [1.165, 1.54) is 0 Å². The maximum Gasteiger partial charge on any atom is 0.190 e. The van der Waals surface area contributed by atoms with Crippen LogP contribution in [0.15, 0.2) is 35.4 Å². The van der Waals surface area contributed by atoms with Crippen molar-refractivity contribution in [1.82, 2.24) is 0 Å². The minimum absolute atomic E-state index is 0.342. The number of nitrogens with zero attached hydrogens (tertiary/aromatic N) is 3. The molecule has 4 rings (SSSR count). The summed E-state index contributed by atoms with van der Waals surface area (Å²) in [4.78, 5) is 2.87. The Kier molecular flexibility index (Phi) is 6.29. The Hall–Kier alpha value is -1.71. The zero-order valence-corrected chi connectivity index (χ0v) is 18.5. The first-order valence-electron chi connectivity index (χ1n) is 10.8.